The molecule has 0 saturated heterocycles. The molecule has 1 atom stereocenters. The van der Waals surface area contributed by atoms with Crippen molar-refractivity contribution in [1.29, 1.82) is 0 Å². The molecular formula is C22H26ClFN2O3. The van der Waals surface area contributed by atoms with Crippen LogP contribution in [0.3, 0.4) is 0 Å². The molecule has 0 aliphatic carbocycles. The van der Waals surface area contributed by atoms with Gasteiger partial charge in [-0.1, -0.05) is 37.1 Å². The van der Waals surface area contributed by atoms with E-state index in [-0.39, 0.29) is 30.8 Å². The normalized spacial score (nSPS) is 11.6. The van der Waals surface area contributed by atoms with E-state index < -0.39 is 6.04 Å². The number of unbranched alkanes of at least 4 members (excludes halogenated alkanes) is 1. The molecule has 1 unspecified atom stereocenters. The Bertz CT molecular complexity index is 797. The molecule has 2 amide bonds. The number of carbonyl (C=O) groups is 2. The molecule has 2 aromatic carbocycles. The van der Waals surface area contributed by atoms with Gasteiger partial charge in [-0.25, -0.2) is 4.39 Å². The van der Waals surface area contributed by atoms with Crippen LogP contribution in [0.25, 0.3) is 0 Å². The number of nitrogens with zero attached hydrogens (tertiary/aromatic N) is 1. The zero-order valence-corrected chi connectivity index (χ0v) is 17.4. The standard InChI is InChI=1S/C22H26ClFN2O3/c1-3-4-13-25-22(28)16(2)26(14-17-5-9-19(24)10-6-17)21(27)15-29-20-11-7-18(23)8-12-20/h5-12,16H,3-4,13-15H2,1-2H3,(H,25,28). The van der Waals surface area contributed by atoms with E-state index in [0.717, 1.165) is 18.4 Å². The van der Waals surface area contributed by atoms with Crippen molar-refractivity contribution >= 4 is 23.4 Å². The first-order valence-corrected chi connectivity index (χ1v) is 9.98. The van der Waals surface area contributed by atoms with Gasteiger partial charge in [0.25, 0.3) is 5.91 Å². The van der Waals surface area contributed by atoms with E-state index in [9.17, 15) is 14.0 Å². The van der Waals surface area contributed by atoms with E-state index in [1.165, 1.54) is 17.0 Å². The lowest BCUT2D eigenvalue weighted by Gasteiger charge is -2.28. The topological polar surface area (TPSA) is 58.6 Å². The van der Waals surface area contributed by atoms with Crippen molar-refractivity contribution in [2.24, 2.45) is 0 Å². The van der Waals surface area contributed by atoms with E-state index in [1.807, 2.05) is 6.92 Å². The quantitative estimate of drug-likeness (QED) is 0.586. The second kappa shape index (κ2) is 11.4. The van der Waals surface area contributed by atoms with Crippen molar-refractivity contribution in [2.75, 3.05) is 13.2 Å². The predicted molar refractivity (Wildman–Crippen MR) is 111 cm³/mol. The Hall–Kier alpha value is -2.60. The zero-order chi connectivity index (χ0) is 21.2. The Balaban J connectivity index is 2.08. The number of ether oxygens (including phenoxy) is 1. The van der Waals surface area contributed by atoms with Gasteiger partial charge >= 0.3 is 0 Å². The number of rotatable bonds is 10. The second-order valence-electron chi connectivity index (χ2n) is 6.71. The van der Waals surface area contributed by atoms with Crippen LogP contribution in [0.2, 0.25) is 5.02 Å². The van der Waals surface area contributed by atoms with E-state index >= 15 is 0 Å². The number of hydrogen-bond acceptors (Lipinski definition) is 3. The molecule has 7 heteroatoms. The van der Waals surface area contributed by atoms with Gasteiger partial charge in [0.1, 0.15) is 17.6 Å². The van der Waals surface area contributed by atoms with Crippen LogP contribution in [-0.4, -0.2) is 35.9 Å². The summed E-state index contributed by atoms with van der Waals surface area (Å²) in [5.41, 5.74) is 0.722. The number of hydrogen-bond donors (Lipinski definition) is 1. The van der Waals surface area contributed by atoms with Crippen LogP contribution in [0.4, 0.5) is 4.39 Å². The summed E-state index contributed by atoms with van der Waals surface area (Å²) in [6, 6.07) is 11.8. The van der Waals surface area contributed by atoms with Gasteiger partial charge in [-0.15, -0.1) is 0 Å². The summed E-state index contributed by atoms with van der Waals surface area (Å²) in [5, 5.41) is 3.41. The summed E-state index contributed by atoms with van der Waals surface area (Å²) in [4.78, 5) is 26.8. The molecule has 0 saturated carbocycles. The highest BCUT2D eigenvalue weighted by molar-refractivity contribution is 6.30. The summed E-state index contributed by atoms with van der Waals surface area (Å²) in [6.45, 7) is 4.21. The van der Waals surface area contributed by atoms with Crippen LogP contribution in [0.15, 0.2) is 48.5 Å². The number of amides is 2. The maximum Gasteiger partial charge on any atom is 0.261 e. The molecule has 0 fully saturated rings. The van der Waals surface area contributed by atoms with Gasteiger partial charge in [0, 0.05) is 18.1 Å². The average Bonchev–Trinajstić information content (AvgIpc) is 2.72. The molecule has 1 N–H and O–H groups in total. The lowest BCUT2D eigenvalue weighted by atomic mass is 10.1. The van der Waals surface area contributed by atoms with E-state index in [4.69, 9.17) is 16.3 Å². The summed E-state index contributed by atoms with van der Waals surface area (Å²) in [7, 11) is 0. The molecule has 0 aliphatic heterocycles. The first kappa shape index (κ1) is 22.7. The lowest BCUT2D eigenvalue weighted by Crippen LogP contribution is -2.49. The van der Waals surface area contributed by atoms with Crippen molar-refractivity contribution in [3.8, 4) is 5.75 Å². The number of nitrogens with one attached hydrogen (secondary N) is 1. The van der Waals surface area contributed by atoms with Gasteiger partial charge in [0.2, 0.25) is 5.91 Å². The third-order valence-corrected chi connectivity index (χ3v) is 4.69. The Morgan fingerprint density at radius 3 is 2.41 bits per heavy atom. The fourth-order valence-electron chi connectivity index (χ4n) is 2.66. The molecule has 0 aliphatic rings. The SMILES string of the molecule is CCCCNC(=O)C(C)N(Cc1ccc(F)cc1)C(=O)COc1ccc(Cl)cc1. The highest BCUT2D eigenvalue weighted by atomic mass is 35.5. The molecule has 0 spiro atoms. The number of carbonyl (C=O) groups excluding carboxylic acids is 2. The summed E-state index contributed by atoms with van der Waals surface area (Å²) >= 11 is 5.85. The van der Waals surface area contributed by atoms with Crippen molar-refractivity contribution in [3.63, 3.8) is 0 Å². The molecule has 29 heavy (non-hydrogen) atoms. The monoisotopic (exact) mass is 420 g/mol. The van der Waals surface area contributed by atoms with Gasteiger partial charge in [-0.2, -0.15) is 0 Å². The highest BCUT2D eigenvalue weighted by Gasteiger charge is 2.26. The molecule has 0 heterocycles. The Morgan fingerprint density at radius 2 is 1.79 bits per heavy atom. The number of benzene rings is 2. The van der Waals surface area contributed by atoms with Crippen molar-refractivity contribution in [3.05, 3.63) is 64.9 Å². The minimum atomic E-state index is -0.696. The van der Waals surface area contributed by atoms with Crippen molar-refractivity contribution < 1.29 is 18.7 Å². The minimum absolute atomic E-state index is 0.172. The first-order chi connectivity index (χ1) is 13.9. The van der Waals surface area contributed by atoms with Crippen LogP contribution in [-0.2, 0) is 16.1 Å². The van der Waals surface area contributed by atoms with E-state index in [1.54, 1.807) is 43.3 Å². The third-order valence-electron chi connectivity index (χ3n) is 4.44. The fourth-order valence-corrected chi connectivity index (χ4v) is 2.79. The Kier molecular flexibility index (Phi) is 8.93. The Morgan fingerprint density at radius 1 is 1.14 bits per heavy atom. The second-order valence-corrected chi connectivity index (χ2v) is 7.15. The molecule has 156 valence electrons. The van der Waals surface area contributed by atoms with Crippen LogP contribution >= 0.6 is 11.6 Å². The van der Waals surface area contributed by atoms with Gasteiger partial charge in [-0.05, 0) is 55.3 Å². The fraction of sp³-hybridized carbons (Fsp3) is 0.364. The molecule has 2 rings (SSSR count). The largest absolute Gasteiger partial charge is 0.484 e. The van der Waals surface area contributed by atoms with Crippen LogP contribution < -0.4 is 10.1 Å². The number of halogens is 2. The van der Waals surface area contributed by atoms with Crippen LogP contribution in [0.1, 0.15) is 32.3 Å². The zero-order valence-electron chi connectivity index (χ0n) is 16.7. The smallest absolute Gasteiger partial charge is 0.261 e. The third kappa shape index (κ3) is 7.38. The van der Waals surface area contributed by atoms with Crippen molar-refractivity contribution in [1.82, 2.24) is 10.2 Å². The van der Waals surface area contributed by atoms with Gasteiger partial charge in [0.05, 0.1) is 0 Å². The highest BCUT2D eigenvalue weighted by Crippen LogP contribution is 2.16. The molecular weight excluding hydrogens is 395 g/mol. The van der Waals surface area contributed by atoms with Crippen molar-refractivity contribution in [2.45, 2.75) is 39.3 Å². The molecule has 0 radical (unpaired) electrons. The van der Waals surface area contributed by atoms with E-state index in [2.05, 4.69) is 5.32 Å². The maximum absolute atomic E-state index is 13.2. The first-order valence-electron chi connectivity index (χ1n) is 9.60. The van der Waals surface area contributed by atoms with Gasteiger partial charge in [0.15, 0.2) is 6.61 Å². The predicted octanol–water partition coefficient (Wildman–Crippen LogP) is 4.19. The Labute approximate surface area is 175 Å². The van der Waals surface area contributed by atoms with Gasteiger partial charge in [-0.3, -0.25) is 9.59 Å². The summed E-state index contributed by atoms with van der Waals surface area (Å²) < 4.78 is 18.8. The lowest BCUT2D eigenvalue weighted by molar-refractivity contribution is -0.142. The summed E-state index contributed by atoms with van der Waals surface area (Å²) in [5.74, 6) is -0.435. The maximum atomic E-state index is 13.2. The minimum Gasteiger partial charge on any atom is -0.484 e. The van der Waals surface area contributed by atoms with Gasteiger partial charge < -0.3 is 15.0 Å². The van der Waals surface area contributed by atoms with Crippen LogP contribution in [0, 0.1) is 5.82 Å². The summed E-state index contributed by atoms with van der Waals surface area (Å²) in [6.07, 6.45) is 1.83. The van der Waals surface area contributed by atoms with Crippen LogP contribution in [0.5, 0.6) is 5.75 Å². The molecule has 2 aromatic rings. The molecule has 0 bridgehead atoms. The van der Waals surface area contributed by atoms with E-state index in [0.29, 0.717) is 17.3 Å². The average molecular weight is 421 g/mol. The molecule has 0 aromatic heterocycles. The molecule has 5 nitrogen and oxygen atoms in total.